The molecule has 0 bridgehead atoms. The maximum Gasteiger partial charge on any atom is 0.325 e. The smallest absolute Gasteiger partial charge is 0.319 e. The van der Waals surface area contributed by atoms with Crippen LogP contribution in [0.15, 0.2) is 36.7 Å². The second-order valence-electron chi connectivity index (χ2n) is 7.80. The predicted molar refractivity (Wildman–Crippen MR) is 99.1 cm³/mol. The highest BCUT2D eigenvalue weighted by molar-refractivity contribution is 6.88. The van der Waals surface area contributed by atoms with Gasteiger partial charge in [-0.25, -0.2) is 4.79 Å². The number of carbonyl (C=O) groups excluding carboxylic acids is 2. The Morgan fingerprint density at radius 1 is 1.16 bits per heavy atom. The van der Waals surface area contributed by atoms with E-state index in [2.05, 4.69) is 42.2 Å². The molecule has 2 heterocycles. The maximum atomic E-state index is 12.9. The molecule has 0 aliphatic carbocycles. The van der Waals surface area contributed by atoms with Crippen molar-refractivity contribution in [1.82, 2.24) is 20.0 Å². The molecule has 3 amide bonds. The quantitative estimate of drug-likeness (QED) is 0.672. The minimum Gasteiger partial charge on any atom is -0.319 e. The van der Waals surface area contributed by atoms with Crippen molar-refractivity contribution in [2.45, 2.75) is 38.6 Å². The van der Waals surface area contributed by atoms with Crippen LogP contribution in [0, 0.1) is 0 Å². The molecule has 132 valence electrons. The Balaban J connectivity index is 1.82. The van der Waals surface area contributed by atoms with Gasteiger partial charge in [0.15, 0.2) is 0 Å². The first-order valence-corrected chi connectivity index (χ1v) is 11.8. The zero-order valence-electron chi connectivity index (χ0n) is 15.3. The highest BCUT2D eigenvalue weighted by Gasteiger charge is 2.49. The number of carbonyl (C=O) groups is 2. The minimum atomic E-state index is -1.36. The van der Waals surface area contributed by atoms with Crippen molar-refractivity contribution in [3.05, 3.63) is 47.8 Å². The molecule has 1 aliphatic rings. The lowest BCUT2D eigenvalue weighted by Gasteiger charge is -2.20. The van der Waals surface area contributed by atoms with Gasteiger partial charge in [0.2, 0.25) is 0 Å². The van der Waals surface area contributed by atoms with Crippen molar-refractivity contribution < 1.29 is 9.59 Å². The number of amides is 3. The first-order valence-electron chi connectivity index (χ1n) is 8.34. The number of hydrogen-bond donors (Lipinski definition) is 1. The molecule has 6 nitrogen and oxygen atoms in total. The Bertz CT molecular complexity index is 822. The average molecular weight is 357 g/mol. The van der Waals surface area contributed by atoms with Gasteiger partial charge in [-0.1, -0.05) is 49.1 Å². The van der Waals surface area contributed by atoms with Gasteiger partial charge >= 0.3 is 6.03 Å². The number of benzene rings is 1. The summed E-state index contributed by atoms with van der Waals surface area (Å²) in [4.78, 5) is 26.5. The molecule has 1 aliphatic heterocycles. The average Bonchev–Trinajstić information content (AvgIpc) is 3.06. The van der Waals surface area contributed by atoms with Gasteiger partial charge in [-0.2, -0.15) is 5.10 Å². The Kier molecular flexibility index (Phi) is 4.07. The predicted octanol–water partition coefficient (Wildman–Crippen LogP) is 1.93. The number of nitrogens with one attached hydrogen (secondary N) is 1. The molecule has 0 spiro atoms. The molecule has 3 rings (SSSR count). The molecule has 1 atom stereocenters. The molecule has 1 fully saturated rings. The van der Waals surface area contributed by atoms with Crippen LogP contribution in [0.4, 0.5) is 4.79 Å². The van der Waals surface area contributed by atoms with Crippen molar-refractivity contribution in [1.29, 1.82) is 0 Å². The fourth-order valence-corrected chi connectivity index (χ4v) is 4.18. The van der Waals surface area contributed by atoms with E-state index in [4.69, 9.17) is 0 Å². The second-order valence-corrected chi connectivity index (χ2v) is 12.9. The third-order valence-electron chi connectivity index (χ3n) is 4.72. The third-order valence-corrected chi connectivity index (χ3v) is 6.78. The van der Waals surface area contributed by atoms with Crippen LogP contribution in [-0.4, -0.2) is 34.7 Å². The van der Waals surface area contributed by atoms with Crippen LogP contribution in [0.25, 0.3) is 0 Å². The normalized spacial score (nSPS) is 20.9. The van der Waals surface area contributed by atoms with Crippen molar-refractivity contribution in [2.75, 3.05) is 0 Å². The topological polar surface area (TPSA) is 67.2 Å². The summed E-state index contributed by atoms with van der Waals surface area (Å²) < 4.78 is 1.62. The van der Waals surface area contributed by atoms with Crippen molar-refractivity contribution in [3.63, 3.8) is 0 Å². The van der Waals surface area contributed by atoms with Crippen LogP contribution >= 0.6 is 0 Å². The summed E-state index contributed by atoms with van der Waals surface area (Å²) in [6.45, 7) is 8.86. The van der Waals surface area contributed by atoms with E-state index in [-0.39, 0.29) is 18.5 Å². The molecule has 7 heteroatoms. The molecule has 25 heavy (non-hydrogen) atoms. The molecule has 1 saturated heterocycles. The number of hydrogen-bond acceptors (Lipinski definition) is 3. The molecule has 2 aromatic rings. The van der Waals surface area contributed by atoms with E-state index in [0.717, 1.165) is 5.56 Å². The monoisotopic (exact) mass is 356 g/mol. The van der Waals surface area contributed by atoms with E-state index < -0.39 is 13.6 Å². The van der Waals surface area contributed by atoms with Crippen molar-refractivity contribution in [2.24, 2.45) is 7.05 Å². The van der Waals surface area contributed by atoms with E-state index >= 15 is 0 Å². The summed E-state index contributed by atoms with van der Waals surface area (Å²) in [5, 5.41) is 8.27. The number of rotatable bonds is 4. The molecule has 0 unspecified atom stereocenters. The molecule has 1 aromatic heterocycles. The van der Waals surface area contributed by atoms with E-state index in [1.807, 2.05) is 12.1 Å². The van der Waals surface area contributed by atoms with Gasteiger partial charge in [0.25, 0.3) is 5.91 Å². The van der Waals surface area contributed by atoms with E-state index in [0.29, 0.717) is 5.56 Å². The van der Waals surface area contributed by atoms with E-state index in [9.17, 15) is 9.59 Å². The number of nitrogens with zero attached hydrogens (tertiary/aromatic N) is 3. The SMILES string of the molecule is Cn1cc([C@@]2(C)NC(=O)N(Cc3ccc([Si](C)(C)C)cc3)C2=O)cn1. The highest BCUT2D eigenvalue weighted by atomic mass is 28.3. The Hall–Kier alpha value is -2.41. The van der Waals surface area contributed by atoms with Gasteiger partial charge in [0.1, 0.15) is 5.54 Å². The van der Waals surface area contributed by atoms with Gasteiger partial charge in [0.05, 0.1) is 20.8 Å². The van der Waals surface area contributed by atoms with Gasteiger partial charge in [-0.15, -0.1) is 0 Å². The molecule has 0 radical (unpaired) electrons. The summed E-state index contributed by atoms with van der Waals surface area (Å²) in [6.07, 6.45) is 3.37. The van der Waals surface area contributed by atoms with Crippen LogP contribution in [-0.2, 0) is 23.9 Å². The molecule has 1 aromatic carbocycles. The van der Waals surface area contributed by atoms with E-state index in [1.54, 1.807) is 31.0 Å². The molecular formula is C18H24N4O2Si. The molecule has 0 saturated carbocycles. The lowest BCUT2D eigenvalue weighted by atomic mass is 9.95. The first-order chi connectivity index (χ1) is 11.6. The number of aromatic nitrogens is 2. The third kappa shape index (κ3) is 3.11. The highest BCUT2D eigenvalue weighted by Crippen LogP contribution is 2.29. The van der Waals surface area contributed by atoms with Gasteiger partial charge in [-0.3, -0.25) is 14.4 Å². The maximum absolute atomic E-state index is 12.9. The lowest BCUT2D eigenvalue weighted by Crippen LogP contribution is -2.40. The van der Waals surface area contributed by atoms with Gasteiger partial charge in [0, 0.05) is 18.8 Å². The Morgan fingerprint density at radius 2 is 1.80 bits per heavy atom. The van der Waals surface area contributed by atoms with Crippen molar-refractivity contribution >= 4 is 25.2 Å². The fourth-order valence-electron chi connectivity index (χ4n) is 3.01. The number of urea groups is 1. The van der Waals surface area contributed by atoms with Crippen LogP contribution < -0.4 is 10.5 Å². The molecular weight excluding hydrogens is 332 g/mol. The van der Waals surface area contributed by atoms with Crippen LogP contribution in [0.3, 0.4) is 0 Å². The Labute approximate surface area is 148 Å². The van der Waals surface area contributed by atoms with Crippen LogP contribution in [0.2, 0.25) is 19.6 Å². The van der Waals surface area contributed by atoms with Crippen LogP contribution in [0.5, 0.6) is 0 Å². The zero-order valence-corrected chi connectivity index (χ0v) is 16.3. The van der Waals surface area contributed by atoms with Crippen LogP contribution in [0.1, 0.15) is 18.1 Å². The lowest BCUT2D eigenvalue weighted by molar-refractivity contribution is -0.131. The standard InChI is InChI=1S/C18H24N4O2Si/c1-18(14-10-19-21(2)12-14)16(23)22(17(24)20-18)11-13-6-8-15(9-7-13)25(3,4)5/h6-10,12H,11H2,1-5H3,(H,20,24)/t18-/m1/s1. The summed E-state index contributed by atoms with van der Waals surface area (Å²) in [6, 6.07) is 7.87. The number of imide groups is 1. The summed E-state index contributed by atoms with van der Waals surface area (Å²) >= 11 is 0. The largest absolute Gasteiger partial charge is 0.325 e. The Morgan fingerprint density at radius 3 is 2.32 bits per heavy atom. The van der Waals surface area contributed by atoms with E-state index in [1.165, 1.54) is 10.1 Å². The second kappa shape index (κ2) is 5.84. The summed E-state index contributed by atoms with van der Waals surface area (Å²) in [5.41, 5.74) is 0.565. The van der Waals surface area contributed by atoms with Crippen molar-refractivity contribution in [3.8, 4) is 0 Å². The molecule has 1 N–H and O–H groups in total. The fraction of sp³-hybridized carbons (Fsp3) is 0.389. The summed E-state index contributed by atoms with van der Waals surface area (Å²) in [5.74, 6) is -0.250. The zero-order chi connectivity index (χ0) is 18.4. The minimum absolute atomic E-state index is 0.250. The first kappa shape index (κ1) is 17.4. The van der Waals surface area contributed by atoms with Gasteiger partial charge in [-0.05, 0) is 12.5 Å². The van der Waals surface area contributed by atoms with Gasteiger partial charge < -0.3 is 5.32 Å². The number of aryl methyl sites for hydroxylation is 1. The summed E-state index contributed by atoms with van der Waals surface area (Å²) in [7, 11) is 0.422.